The van der Waals surface area contributed by atoms with E-state index < -0.39 is 17.4 Å². The van der Waals surface area contributed by atoms with Crippen molar-refractivity contribution >= 4 is 11.4 Å². The Hall–Kier alpha value is -2.15. The molecule has 0 spiro atoms. The van der Waals surface area contributed by atoms with Gasteiger partial charge in [0.05, 0.1) is 11.9 Å². The molecule has 3 nitrogen and oxygen atoms in total. The number of nitrogens with one attached hydrogen (secondary N) is 1. The lowest BCUT2D eigenvalue weighted by Crippen LogP contribution is -2.52. The number of benzene rings is 1. The van der Waals surface area contributed by atoms with E-state index in [4.69, 9.17) is 0 Å². The minimum absolute atomic E-state index is 0.0480. The summed E-state index contributed by atoms with van der Waals surface area (Å²) in [4.78, 5) is 5.35. The van der Waals surface area contributed by atoms with Crippen LogP contribution < -0.4 is 5.32 Å². The maximum Gasteiger partial charge on any atom is 0.403 e. The minimum atomic E-state index is -4.60. The Labute approximate surface area is 130 Å². The molecule has 0 fully saturated rings. The SMILES string of the molecule is CN(C)CC1(C(F)(F)F)c2ccncc2Nc2ccc(F)cc21. The second-order valence-electron chi connectivity index (χ2n) is 5.88. The van der Waals surface area contributed by atoms with Gasteiger partial charge in [0.2, 0.25) is 0 Å². The van der Waals surface area contributed by atoms with Crippen LogP contribution in [0.3, 0.4) is 0 Å². The van der Waals surface area contributed by atoms with Crippen molar-refractivity contribution in [3.8, 4) is 0 Å². The molecule has 0 saturated heterocycles. The Balaban J connectivity index is 2.38. The van der Waals surface area contributed by atoms with Crippen molar-refractivity contribution in [1.82, 2.24) is 9.88 Å². The largest absolute Gasteiger partial charge is 0.403 e. The van der Waals surface area contributed by atoms with Crippen molar-refractivity contribution in [2.24, 2.45) is 0 Å². The predicted molar refractivity (Wildman–Crippen MR) is 79.3 cm³/mol. The van der Waals surface area contributed by atoms with Gasteiger partial charge in [-0.15, -0.1) is 0 Å². The lowest BCUT2D eigenvalue weighted by molar-refractivity contribution is -0.181. The summed E-state index contributed by atoms with van der Waals surface area (Å²) in [6.45, 7) is -0.328. The molecule has 122 valence electrons. The summed E-state index contributed by atoms with van der Waals surface area (Å²) in [5.74, 6) is -0.699. The molecule has 1 aliphatic heterocycles. The minimum Gasteiger partial charge on any atom is -0.354 e. The molecule has 2 aromatic rings. The standard InChI is InChI=1S/C16H15F4N3/c1-23(2)9-15(16(18,19)20)11-5-6-21-8-14(11)22-13-4-3-10(17)7-12(13)15/h3-8,22H,9H2,1-2H3. The van der Waals surface area contributed by atoms with Crippen molar-refractivity contribution in [1.29, 1.82) is 0 Å². The highest BCUT2D eigenvalue weighted by Gasteiger charge is 2.60. The van der Waals surface area contributed by atoms with Crippen LogP contribution in [0, 0.1) is 5.82 Å². The van der Waals surface area contributed by atoms with E-state index in [-0.39, 0.29) is 29.0 Å². The van der Waals surface area contributed by atoms with Gasteiger partial charge in [-0.25, -0.2) is 4.39 Å². The van der Waals surface area contributed by atoms with Crippen molar-refractivity contribution in [3.63, 3.8) is 0 Å². The number of nitrogens with zero attached hydrogens (tertiary/aromatic N) is 2. The van der Waals surface area contributed by atoms with Gasteiger partial charge in [-0.1, -0.05) is 0 Å². The predicted octanol–water partition coefficient (Wildman–Crippen LogP) is 3.69. The van der Waals surface area contributed by atoms with Crippen LogP contribution >= 0.6 is 0 Å². The number of pyridine rings is 1. The highest BCUT2D eigenvalue weighted by Crippen LogP contribution is 2.54. The maximum atomic E-state index is 14.2. The van der Waals surface area contributed by atoms with Gasteiger partial charge in [0.25, 0.3) is 0 Å². The first-order valence-electron chi connectivity index (χ1n) is 6.99. The lowest BCUT2D eigenvalue weighted by atomic mass is 9.70. The smallest absolute Gasteiger partial charge is 0.354 e. The monoisotopic (exact) mass is 325 g/mol. The van der Waals surface area contributed by atoms with Crippen molar-refractivity contribution < 1.29 is 17.6 Å². The van der Waals surface area contributed by atoms with Crippen LogP contribution in [0.5, 0.6) is 0 Å². The van der Waals surface area contributed by atoms with Crippen LogP contribution in [0.2, 0.25) is 0 Å². The molecule has 0 radical (unpaired) electrons. The van der Waals surface area contributed by atoms with E-state index in [1.54, 1.807) is 14.1 Å². The fourth-order valence-corrected chi connectivity index (χ4v) is 3.17. The van der Waals surface area contributed by atoms with E-state index in [0.29, 0.717) is 0 Å². The number of anilines is 2. The van der Waals surface area contributed by atoms with E-state index in [2.05, 4.69) is 10.3 Å². The topological polar surface area (TPSA) is 28.2 Å². The normalized spacial score (nSPS) is 20.0. The summed E-state index contributed by atoms with van der Waals surface area (Å²) in [6.07, 6.45) is -1.92. The maximum absolute atomic E-state index is 14.2. The zero-order valence-corrected chi connectivity index (χ0v) is 12.6. The summed E-state index contributed by atoms with van der Waals surface area (Å²) in [5, 5.41) is 2.92. The summed E-state index contributed by atoms with van der Waals surface area (Å²) < 4.78 is 56.5. The zero-order chi connectivity index (χ0) is 16.8. The Bertz CT molecular complexity index is 742. The number of aromatic nitrogens is 1. The molecule has 3 rings (SSSR count). The number of hydrogen-bond donors (Lipinski definition) is 1. The molecular formula is C16H15F4N3. The van der Waals surface area contributed by atoms with E-state index in [1.165, 1.54) is 29.4 Å². The van der Waals surface area contributed by atoms with Crippen LogP contribution in [-0.4, -0.2) is 36.7 Å². The Morgan fingerprint density at radius 3 is 2.52 bits per heavy atom. The average Bonchev–Trinajstić information content (AvgIpc) is 2.46. The first-order chi connectivity index (χ1) is 10.8. The van der Waals surface area contributed by atoms with Crippen molar-refractivity contribution in [3.05, 3.63) is 53.6 Å². The molecule has 0 saturated carbocycles. The number of fused-ring (bicyclic) bond motifs is 2. The molecule has 23 heavy (non-hydrogen) atoms. The molecule has 0 amide bonds. The van der Waals surface area contributed by atoms with E-state index >= 15 is 0 Å². The number of hydrogen-bond acceptors (Lipinski definition) is 3. The molecule has 7 heteroatoms. The van der Waals surface area contributed by atoms with E-state index in [0.717, 1.165) is 12.1 Å². The third kappa shape index (κ3) is 2.35. The van der Waals surface area contributed by atoms with Gasteiger partial charge in [0, 0.05) is 18.4 Å². The molecule has 0 bridgehead atoms. The zero-order valence-electron chi connectivity index (χ0n) is 12.6. The van der Waals surface area contributed by atoms with Gasteiger partial charge < -0.3 is 10.2 Å². The van der Waals surface area contributed by atoms with Gasteiger partial charge in [0.15, 0.2) is 0 Å². The molecule has 1 unspecified atom stereocenters. The van der Waals surface area contributed by atoms with Gasteiger partial charge in [-0.05, 0) is 49.5 Å². The van der Waals surface area contributed by atoms with Gasteiger partial charge >= 0.3 is 6.18 Å². The molecule has 1 N–H and O–H groups in total. The summed E-state index contributed by atoms with van der Waals surface area (Å²) in [6, 6.07) is 4.77. The van der Waals surface area contributed by atoms with Crippen molar-refractivity contribution in [2.75, 3.05) is 26.0 Å². The third-order valence-electron chi connectivity index (χ3n) is 4.03. The Kier molecular flexibility index (Phi) is 3.55. The fraction of sp³-hybridized carbons (Fsp3) is 0.312. The molecule has 0 aliphatic carbocycles. The second kappa shape index (κ2) is 5.19. The Morgan fingerprint density at radius 1 is 1.13 bits per heavy atom. The first-order valence-corrected chi connectivity index (χ1v) is 6.99. The van der Waals surface area contributed by atoms with Crippen LogP contribution in [0.4, 0.5) is 28.9 Å². The van der Waals surface area contributed by atoms with Gasteiger partial charge in [-0.2, -0.15) is 13.2 Å². The van der Waals surface area contributed by atoms with Crippen LogP contribution in [0.25, 0.3) is 0 Å². The summed E-state index contributed by atoms with van der Waals surface area (Å²) >= 11 is 0. The fourth-order valence-electron chi connectivity index (χ4n) is 3.17. The molecule has 1 aliphatic rings. The molecule has 2 heterocycles. The lowest BCUT2D eigenvalue weighted by Gasteiger charge is -2.43. The number of rotatable bonds is 2. The van der Waals surface area contributed by atoms with E-state index in [1.807, 2.05) is 0 Å². The van der Waals surface area contributed by atoms with Crippen LogP contribution in [-0.2, 0) is 5.41 Å². The van der Waals surface area contributed by atoms with Gasteiger partial charge in [0.1, 0.15) is 11.2 Å². The molecule has 1 aromatic carbocycles. The number of halogens is 4. The second-order valence-corrected chi connectivity index (χ2v) is 5.88. The average molecular weight is 325 g/mol. The summed E-state index contributed by atoms with van der Waals surface area (Å²) in [7, 11) is 3.13. The number of alkyl halides is 3. The summed E-state index contributed by atoms with van der Waals surface area (Å²) in [5.41, 5.74) is -1.86. The first kappa shape index (κ1) is 15.7. The quantitative estimate of drug-likeness (QED) is 0.854. The van der Waals surface area contributed by atoms with Gasteiger partial charge in [-0.3, -0.25) is 4.98 Å². The molecule has 1 atom stereocenters. The molecule has 1 aromatic heterocycles. The van der Waals surface area contributed by atoms with Crippen molar-refractivity contribution in [2.45, 2.75) is 11.6 Å². The third-order valence-corrected chi connectivity index (χ3v) is 4.03. The number of likely N-dealkylation sites (N-methyl/N-ethyl adjacent to an activating group) is 1. The highest BCUT2D eigenvalue weighted by atomic mass is 19.4. The highest BCUT2D eigenvalue weighted by molar-refractivity contribution is 5.76. The molecular weight excluding hydrogens is 310 g/mol. The Morgan fingerprint density at radius 2 is 1.87 bits per heavy atom. The van der Waals surface area contributed by atoms with E-state index in [9.17, 15) is 17.6 Å². The van der Waals surface area contributed by atoms with Crippen LogP contribution in [0.1, 0.15) is 11.1 Å². The van der Waals surface area contributed by atoms with Crippen LogP contribution in [0.15, 0.2) is 36.7 Å².